The zero-order valence-electron chi connectivity index (χ0n) is 6.33. The molecule has 1 aromatic rings. The van der Waals surface area contributed by atoms with E-state index in [1.807, 2.05) is 14.1 Å². The van der Waals surface area contributed by atoms with E-state index in [0.29, 0.717) is 0 Å². The lowest BCUT2D eigenvalue weighted by Crippen LogP contribution is -2.09. The third-order valence-corrected chi connectivity index (χ3v) is 1.75. The van der Waals surface area contributed by atoms with E-state index in [9.17, 15) is 0 Å². The molecule has 0 aromatic heterocycles. The van der Waals surface area contributed by atoms with Gasteiger partial charge in [-0.2, -0.15) is 0 Å². The molecule has 1 unspecified atom stereocenters. The van der Waals surface area contributed by atoms with Crippen molar-refractivity contribution in [2.75, 3.05) is 19.0 Å². The topological polar surface area (TPSA) is 3.24 Å². The SMILES string of the molecule is CN(C)c1cccc(P)c1. The van der Waals surface area contributed by atoms with Crippen LogP contribution in [0.1, 0.15) is 0 Å². The lowest BCUT2D eigenvalue weighted by molar-refractivity contribution is 1.13. The second kappa shape index (κ2) is 3.03. The Morgan fingerprint density at radius 3 is 2.40 bits per heavy atom. The summed E-state index contributed by atoms with van der Waals surface area (Å²) in [5, 5.41) is 1.23. The summed E-state index contributed by atoms with van der Waals surface area (Å²) < 4.78 is 0. The lowest BCUT2D eigenvalue weighted by atomic mass is 10.3. The number of hydrogen-bond acceptors (Lipinski definition) is 1. The van der Waals surface area contributed by atoms with Crippen LogP contribution in [-0.4, -0.2) is 14.1 Å². The fraction of sp³-hybridized carbons (Fsp3) is 0.250. The highest BCUT2D eigenvalue weighted by atomic mass is 31.0. The summed E-state index contributed by atoms with van der Waals surface area (Å²) in [6.45, 7) is 0. The first-order chi connectivity index (χ1) is 4.70. The van der Waals surface area contributed by atoms with Crippen molar-refractivity contribution in [3.8, 4) is 0 Å². The lowest BCUT2D eigenvalue weighted by Gasteiger charge is -2.11. The van der Waals surface area contributed by atoms with Gasteiger partial charge in [-0.05, 0) is 17.4 Å². The van der Waals surface area contributed by atoms with E-state index in [1.165, 1.54) is 11.0 Å². The van der Waals surface area contributed by atoms with Crippen LogP contribution >= 0.6 is 9.24 Å². The van der Waals surface area contributed by atoms with Crippen molar-refractivity contribution >= 4 is 20.2 Å². The molecular formula is C8H12NP. The van der Waals surface area contributed by atoms with Crippen LogP contribution in [0.4, 0.5) is 5.69 Å². The molecule has 0 heterocycles. The first-order valence-corrected chi connectivity index (χ1v) is 3.81. The smallest absolute Gasteiger partial charge is 0.0367 e. The van der Waals surface area contributed by atoms with Crippen molar-refractivity contribution in [2.24, 2.45) is 0 Å². The molecule has 0 aliphatic rings. The van der Waals surface area contributed by atoms with Crippen LogP contribution in [0.5, 0.6) is 0 Å². The largest absolute Gasteiger partial charge is 0.378 e. The quantitative estimate of drug-likeness (QED) is 0.549. The van der Waals surface area contributed by atoms with Crippen LogP contribution in [0.3, 0.4) is 0 Å². The molecule has 0 saturated heterocycles. The van der Waals surface area contributed by atoms with Gasteiger partial charge in [0.2, 0.25) is 0 Å². The number of hydrogen-bond donors (Lipinski definition) is 0. The maximum Gasteiger partial charge on any atom is 0.0367 e. The molecular weight excluding hydrogens is 141 g/mol. The highest BCUT2D eigenvalue weighted by Gasteiger charge is 1.91. The summed E-state index contributed by atoms with van der Waals surface area (Å²) in [5.41, 5.74) is 1.24. The van der Waals surface area contributed by atoms with Gasteiger partial charge in [-0.1, -0.05) is 12.1 Å². The van der Waals surface area contributed by atoms with E-state index in [2.05, 4.69) is 38.4 Å². The normalized spacial score (nSPS) is 9.50. The van der Waals surface area contributed by atoms with E-state index in [0.717, 1.165) is 0 Å². The first-order valence-electron chi connectivity index (χ1n) is 3.23. The Morgan fingerprint density at radius 2 is 2.00 bits per heavy atom. The van der Waals surface area contributed by atoms with Gasteiger partial charge in [0.05, 0.1) is 0 Å². The van der Waals surface area contributed by atoms with Gasteiger partial charge in [0.25, 0.3) is 0 Å². The van der Waals surface area contributed by atoms with Crippen LogP contribution < -0.4 is 10.2 Å². The van der Waals surface area contributed by atoms with Crippen LogP contribution in [0.15, 0.2) is 24.3 Å². The van der Waals surface area contributed by atoms with Crippen LogP contribution in [-0.2, 0) is 0 Å². The predicted octanol–water partition coefficient (Wildman–Crippen LogP) is 1.25. The predicted molar refractivity (Wildman–Crippen MR) is 50.1 cm³/mol. The third kappa shape index (κ3) is 1.71. The molecule has 0 fully saturated rings. The molecule has 1 nitrogen and oxygen atoms in total. The van der Waals surface area contributed by atoms with Crippen molar-refractivity contribution in [2.45, 2.75) is 0 Å². The molecule has 1 rings (SSSR count). The second-order valence-corrected chi connectivity index (χ2v) is 3.16. The van der Waals surface area contributed by atoms with Crippen LogP contribution in [0, 0.1) is 0 Å². The molecule has 0 saturated carbocycles. The molecule has 0 spiro atoms. The Bertz CT molecular complexity index is 220. The molecule has 1 aromatic carbocycles. The van der Waals surface area contributed by atoms with Gasteiger partial charge in [0, 0.05) is 19.8 Å². The van der Waals surface area contributed by atoms with E-state index in [1.54, 1.807) is 0 Å². The summed E-state index contributed by atoms with van der Waals surface area (Å²) >= 11 is 0. The summed E-state index contributed by atoms with van der Waals surface area (Å²) in [6, 6.07) is 8.34. The minimum Gasteiger partial charge on any atom is -0.378 e. The summed E-state index contributed by atoms with van der Waals surface area (Å²) in [6.07, 6.45) is 0. The van der Waals surface area contributed by atoms with Crippen molar-refractivity contribution < 1.29 is 0 Å². The summed E-state index contributed by atoms with van der Waals surface area (Å²) in [5.74, 6) is 0. The van der Waals surface area contributed by atoms with Gasteiger partial charge in [-0.25, -0.2) is 0 Å². The Labute approximate surface area is 64.3 Å². The van der Waals surface area contributed by atoms with Crippen molar-refractivity contribution in [3.05, 3.63) is 24.3 Å². The molecule has 0 N–H and O–H groups in total. The molecule has 54 valence electrons. The molecule has 1 atom stereocenters. The van der Waals surface area contributed by atoms with E-state index >= 15 is 0 Å². The molecule has 0 bridgehead atoms. The molecule has 0 amide bonds. The van der Waals surface area contributed by atoms with Crippen molar-refractivity contribution in [3.63, 3.8) is 0 Å². The van der Waals surface area contributed by atoms with Gasteiger partial charge in [0.1, 0.15) is 0 Å². The van der Waals surface area contributed by atoms with Crippen molar-refractivity contribution in [1.82, 2.24) is 0 Å². The summed E-state index contributed by atoms with van der Waals surface area (Å²) in [4.78, 5) is 2.09. The minimum atomic E-state index is 1.23. The first kappa shape index (κ1) is 7.56. The fourth-order valence-corrected chi connectivity index (χ4v) is 1.08. The number of benzene rings is 1. The maximum atomic E-state index is 2.68. The molecule has 10 heavy (non-hydrogen) atoms. The molecule has 0 aliphatic heterocycles. The molecule has 0 aliphatic carbocycles. The Balaban J connectivity index is 2.96. The van der Waals surface area contributed by atoms with E-state index < -0.39 is 0 Å². The highest BCUT2D eigenvalue weighted by Crippen LogP contribution is 2.08. The number of nitrogens with zero attached hydrogens (tertiary/aromatic N) is 1. The Hall–Kier alpha value is -0.550. The highest BCUT2D eigenvalue weighted by molar-refractivity contribution is 7.27. The Kier molecular flexibility index (Phi) is 2.29. The maximum absolute atomic E-state index is 2.68. The second-order valence-electron chi connectivity index (χ2n) is 2.49. The standard InChI is InChI=1S/C8H12NP/c1-9(2)7-4-3-5-8(10)6-7/h3-6H,10H2,1-2H3. The average Bonchev–Trinajstić information content (AvgIpc) is 1.88. The van der Waals surface area contributed by atoms with Gasteiger partial charge < -0.3 is 4.90 Å². The minimum absolute atomic E-state index is 1.23. The number of anilines is 1. The Morgan fingerprint density at radius 1 is 1.30 bits per heavy atom. The van der Waals surface area contributed by atoms with E-state index in [4.69, 9.17) is 0 Å². The monoisotopic (exact) mass is 153 g/mol. The van der Waals surface area contributed by atoms with Gasteiger partial charge in [-0.3, -0.25) is 0 Å². The fourth-order valence-electron chi connectivity index (χ4n) is 0.803. The van der Waals surface area contributed by atoms with Gasteiger partial charge >= 0.3 is 0 Å². The zero-order chi connectivity index (χ0) is 7.56. The zero-order valence-corrected chi connectivity index (χ0v) is 7.49. The third-order valence-electron chi connectivity index (χ3n) is 1.39. The van der Waals surface area contributed by atoms with Crippen molar-refractivity contribution in [1.29, 1.82) is 0 Å². The van der Waals surface area contributed by atoms with E-state index in [-0.39, 0.29) is 0 Å². The molecule has 2 heteroatoms. The van der Waals surface area contributed by atoms with Gasteiger partial charge in [0.15, 0.2) is 0 Å². The van der Waals surface area contributed by atoms with Gasteiger partial charge in [-0.15, -0.1) is 9.24 Å². The summed E-state index contributed by atoms with van der Waals surface area (Å²) in [7, 11) is 6.76. The van der Waals surface area contributed by atoms with Crippen LogP contribution in [0.2, 0.25) is 0 Å². The molecule has 0 radical (unpaired) electrons. The van der Waals surface area contributed by atoms with Crippen LogP contribution in [0.25, 0.3) is 0 Å². The number of rotatable bonds is 1. The average molecular weight is 153 g/mol.